The number of hydrogen-bond acceptors (Lipinski definition) is 3. The SMILES string of the molecule is NC(=O)C1(NC(=O)c2cccc(NC(=O)c3cccc(Br)c3)c2)CCCCC1. The number of rotatable bonds is 5. The second kappa shape index (κ2) is 8.56. The molecule has 1 aliphatic carbocycles. The summed E-state index contributed by atoms with van der Waals surface area (Å²) in [4.78, 5) is 37.1. The maximum Gasteiger partial charge on any atom is 0.255 e. The molecule has 3 amide bonds. The van der Waals surface area contributed by atoms with Gasteiger partial charge in [-0.05, 0) is 49.2 Å². The topological polar surface area (TPSA) is 101 Å². The monoisotopic (exact) mass is 443 g/mol. The average molecular weight is 444 g/mol. The van der Waals surface area contributed by atoms with E-state index in [0.717, 1.165) is 23.7 Å². The van der Waals surface area contributed by atoms with Crippen LogP contribution >= 0.6 is 15.9 Å². The van der Waals surface area contributed by atoms with E-state index in [1.165, 1.54) is 0 Å². The summed E-state index contributed by atoms with van der Waals surface area (Å²) in [5.41, 5.74) is 5.94. The fraction of sp³-hybridized carbons (Fsp3) is 0.286. The summed E-state index contributed by atoms with van der Waals surface area (Å²) < 4.78 is 0.803. The van der Waals surface area contributed by atoms with Crippen LogP contribution in [0.25, 0.3) is 0 Å². The molecular weight excluding hydrogens is 422 g/mol. The number of benzene rings is 2. The Morgan fingerprint density at radius 3 is 2.18 bits per heavy atom. The van der Waals surface area contributed by atoms with Crippen molar-refractivity contribution in [3.05, 3.63) is 64.1 Å². The highest BCUT2D eigenvalue weighted by Crippen LogP contribution is 2.28. The molecule has 2 aromatic rings. The standard InChI is InChI=1S/C21H22BrN3O3/c22-16-8-4-6-14(12-16)18(26)24-17-9-5-7-15(13-17)19(27)25-21(20(23)28)10-2-1-3-11-21/h4-9,12-13H,1-3,10-11H2,(H2,23,28)(H,24,26)(H,25,27). The third-order valence-electron chi connectivity index (χ3n) is 5.00. The van der Waals surface area contributed by atoms with Gasteiger partial charge in [-0.1, -0.05) is 47.3 Å². The van der Waals surface area contributed by atoms with Crippen molar-refractivity contribution in [2.45, 2.75) is 37.6 Å². The van der Waals surface area contributed by atoms with Gasteiger partial charge in [-0.3, -0.25) is 14.4 Å². The molecule has 2 aromatic carbocycles. The lowest BCUT2D eigenvalue weighted by molar-refractivity contribution is -0.125. The summed E-state index contributed by atoms with van der Waals surface area (Å²) in [7, 11) is 0. The summed E-state index contributed by atoms with van der Waals surface area (Å²) in [6.07, 6.45) is 3.83. The third kappa shape index (κ3) is 4.59. The number of primary amides is 1. The highest BCUT2D eigenvalue weighted by molar-refractivity contribution is 9.10. The lowest BCUT2D eigenvalue weighted by atomic mass is 9.81. The van der Waals surface area contributed by atoms with Crippen LogP contribution in [0, 0.1) is 0 Å². The number of amides is 3. The van der Waals surface area contributed by atoms with Crippen LogP contribution in [-0.4, -0.2) is 23.3 Å². The number of anilines is 1. The zero-order chi connectivity index (χ0) is 20.1. The fourth-order valence-electron chi connectivity index (χ4n) is 3.45. The molecule has 0 heterocycles. The summed E-state index contributed by atoms with van der Waals surface area (Å²) in [6, 6.07) is 13.6. The van der Waals surface area contributed by atoms with Crippen molar-refractivity contribution >= 4 is 39.3 Å². The minimum Gasteiger partial charge on any atom is -0.368 e. The molecule has 0 radical (unpaired) electrons. The molecule has 6 nitrogen and oxygen atoms in total. The molecule has 0 aliphatic heterocycles. The number of carbonyl (C=O) groups is 3. The van der Waals surface area contributed by atoms with E-state index in [4.69, 9.17) is 5.73 Å². The third-order valence-corrected chi connectivity index (χ3v) is 5.49. The van der Waals surface area contributed by atoms with Crippen molar-refractivity contribution in [3.63, 3.8) is 0 Å². The Morgan fingerprint density at radius 1 is 0.893 bits per heavy atom. The van der Waals surface area contributed by atoms with Gasteiger partial charge in [0.15, 0.2) is 0 Å². The van der Waals surface area contributed by atoms with Gasteiger partial charge in [0.05, 0.1) is 0 Å². The van der Waals surface area contributed by atoms with E-state index in [1.807, 2.05) is 6.07 Å². The molecule has 0 aromatic heterocycles. The van der Waals surface area contributed by atoms with Gasteiger partial charge in [-0.25, -0.2) is 0 Å². The van der Waals surface area contributed by atoms with Crippen molar-refractivity contribution in [3.8, 4) is 0 Å². The van der Waals surface area contributed by atoms with Crippen molar-refractivity contribution in [1.82, 2.24) is 5.32 Å². The number of nitrogens with two attached hydrogens (primary N) is 1. The minimum atomic E-state index is -0.995. The molecule has 146 valence electrons. The number of halogens is 1. The van der Waals surface area contributed by atoms with Gasteiger partial charge in [0, 0.05) is 21.3 Å². The lowest BCUT2D eigenvalue weighted by Gasteiger charge is -2.35. The van der Waals surface area contributed by atoms with Crippen LogP contribution < -0.4 is 16.4 Å². The van der Waals surface area contributed by atoms with E-state index >= 15 is 0 Å². The molecule has 1 aliphatic rings. The molecule has 0 bridgehead atoms. The highest BCUT2D eigenvalue weighted by Gasteiger charge is 2.39. The first-order valence-corrected chi connectivity index (χ1v) is 9.98. The Kier molecular flexibility index (Phi) is 6.14. The highest BCUT2D eigenvalue weighted by atomic mass is 79.9. The molecule has 1 fully saturated rings. The van der Waals surface area contributed by atoms with Crippen molar-refractivity contribution in [1.29, 1.82) is 0 Å². The van der Waals surface area contributed by atoms with Gasteiger partial charge in [0.2, 0.25) is 5.91 Å². The van der Waals surface area contributed by atoms with E-state index in [-0.39, 0.29) is 11.8 Å². The molecule has 0 saturated heterocycles. The van der Waals surface area contributed by atoms with E-state index in [0.29, 0.717) is 29.7 Å². The van der Waals surface area contributed by atoms with Crippen molar-refractivity contribution in [2.24, 2.45) is 5.73 Å². The lowest BCUT2D eigenvalue weighted by Crippen LogP contribution is -2.58. The Hall–Kier alpha value is -2.67. The maximum absolute atomic E-state index is 12.7. The van der Waals surface area contributed by atoms with Crippen LogP contribution in [0.3, 0.4) is 0 Å². The first-order valence-electron chi connectivity index (χ1n) is 9.19. The van der Waals surface area contributed by atoms with Crippen molar-refractivity contribution < 1.29 is 14.4 Å². The van der Waals surface area contributed by atoms with Crippen LogP contribution in [0.1, 0.15) is 52.8 Å². The molecule has 4 N–H and O–H groups in total. The van der Waals surface area contributed by atoms with Crippen molar-refractivity contribution in [2.75, 3.05) is 5.32 Å². The molecule has 1 saturated carbocycles. The van der Waals surface area contributed by atoms with Gasteiger partial charge < -0.3 is 16.4 Å². The van der Waals surface area contributed by atoms with E-state index in [1.54, 1.807) is 42.5 Å². The Labute approximate surface area is 172 Å². The maximum atomic E-state index is 12.7. The number of carbonyl (C=O) groups excluding carboxylic acids is 3. The van der Waals surface area contributed by atoms with Crippen LogP contribution in [0.15, 0.2) is 53.0 Å². The average Bonchev–Trinajstić information content (AvgIpc) is 2.68. The van der Waals surface area contributed by atoms with Gasteiger partial charge in [0.25, 0.3) is 11.8 Å². The predicted octanol–water partition coefficient (Wildman–Crippen LogP) is 3.62. The van der Waals surface area contributed by atoms with Crippen LogP contribution in [0.5, 0.6) is 0 Å². The molecule has 0 atom stereocenters. The fourth-order valence-corrected chi connectivity index (χ4v) is 3.85. The molecule has 7 heteroatoms. The Bertz CT molecular complexity index is 907. The second-order valence-corrected chi connectivity index (χ2v) is 7.92. The summed E-state index contributed by atoms with van der Waals surface area (Å²) in [5, 5.41) is 5.62. The smallest absolute Gasteiger partial charge is 0.255 e. The summed E-state index contributed by atoms with van der Waals surface area (Å²) >= 11 is 3.34. The molecule has 3 rings (SSSR count). The summed E-state index contributed by atoms with van der Waals surface area (Å²) in [6.45, 7) is 0. The zero-order valence-electron chi connectivity index (χ0n) is 15.3. The van der Waals surface area contributed by atoms with Gasteiger partial charge in [0.1, 0.15) is 5.54 Å². The Balaban J connectivity index is 1.74. The first kappa shape index (κ1) is 20.1. The number of nitrogens with one attached hydrogen (secondary N) is 2. The van der Waals surface area contributed by atoms with E-state index < -0.39 is 11.4 Å². The summed E-state index contributed by atoms with van der Waals surface area (Å²) in [5.74, 6) is -1.15. The quantitative estimate of drug-likeness (QED) is 0.657. The van der Waals surface area contributed by atoms with E-state index in [9.17, 15) is 14.4 Å². The molecule has 0 spiro atoms. The zero-order valence-corrected chi connectivity index (χ0v) is 16.9. The predicted molar refractivity (Wildman–Crippen MR) is 111 cm³/mol. The van der Waals surface area contributed by atoms with Gasteiger partial charge in [-0.15, -0.1) is 0 Å². The first-order chi connectivity index (χ1) is 13.4. The molecule has 28 heavy (non-hydrogen) atoms. The van der Waals surface area contributed by atoms with E-state index in [2.05, 4.69) is 26.6 Å². The molecular formula is C21H22BrN3O3. The van der Waals surface area contributed by atoms with Crippen LogP contribution in [-0.2, 0) is 4.79 Å². The largest absolute Gasteiger partial charge is 0.368 e. The normalized spacial score (nSPS) is 15.5. The minimum absolute atomic E-state index is 0.278. The van der Waals surface area contributed by atoms with Crippen LogP contribution in [0.2, 0.25) is 0 Å². The number of hydrogen-bond donors (Lipinski definition) is 3. The van der Waals surface area contributed by atoms with Crippen LogP contribution in [0.4, 0.5) is 5.69 Å². The second-order valence-electron chi connectivity index (χ2n) is 7.01. The molecule has 0 unspecified atom stereocenters. The van der Waals surface area contributed by atoms with Gasteiger partial charge >= 0.3 is 0 Å². The van der Waals surface area contributed by atoms with Gasteiger partial charge in [-0.2, -0.15) is 0 Å². The Morgan fingerprint density at radius 2 is 1.54 bits per heavy atom.